The Labute approximate surface area is 139 Å². The van der Waals surface area contributed by atoms with Crippen LogP contribution in [-0.2, 0) is 6.54 Å². The highest BCUT2D eigenvalue weighted by molar-refractivity contribution is 5.95. The molecule has 1 aromatic carbocycles. The molecular weight excluding hydrogens is 308 g/mol. The predicted octanol–water partition coefficient (Wildman–Crippen LogP) is 2.80. The number of carbonyl (C=O) groups excluding carboxylic acids is 1. The van der Waals surface area contributed by atoms with Gasteiger partial charge in [0.25, 0.3) is 11.6 Å². The second kappa shape index (κ2) is 6.66. The van der Waals surface area contributed by atoms with Crippen LogP contribution in [0.4, 0.5) is 11.4 Å². The molecule has 2 aromatic rings. The lowest BCUT2D eigenvalue weighted by Crippen LogP contribution is -2.23. The second-order valence-corrected chi connectivity index (χ2v) is 5.86. The van der Waals surface area contributed by atoms with E-state index in [-0.39, 0.29) is 23.7 Å². The minimum Gasteiger partial charge on any atom is -0.377 e. The van der Waals surface area contributed by atoms with E-state index in [1.807, 2.05) is 25.1 Å². The molecule has 2 N–H and O–H groups in total. The van der Waals surface area contributed by atoms with Crippen molar-refractivity contribution in [2.45, 2.75) is 32.4 Å². The molecule has 0 unspecified atom stereocenters. The van der Waals surface area contributed by atoms with Crippen LogP contribution in [0.25, 0.3) is 0 Å². The van der Waals surface area contributed by atoms with Crippen LogP contribution < -0.4 is 10.6 Å². The first-order chi connectivity index (χ1) is 11.5. The normalized spacial score (nSPS) is 13.4. The van der Waals surface area contributed by atoms with Crippen molar-refractivity contribution in [2.75, 3.05) is 5.32 Å². The van der Waals surface area contributed by atoms with Gasteiger partial charge < -0.3 is 10.6 Å². The van der Waals surface area contributed by atoms with Gasteiger partial charge in [0.05, 0.1) is 17.2 Å². The third-order valence-electron chi connectivity index (χ3n) is 3.77. The van der Waals surface area contributed by atoms with Crippen LogP contribution in [0.15, 0.2) is 36.4 Å². The molecule has 0 aliphatic heterocycles. The maximum Gasteiger partial charge on any atom is 0.293 e. The van der Waals surface area contributed by atoms with Gasteiger partial charge in [0, 0.05) is 23.4 Å². The Bertz CT molecular complexity index is 787. The Morgan fingerprint density at radius 2 is 2.12 bits per heavy atom. The van der Waals surface area contributed by atoms with Crippen LogP contribution in [0.5, 0.6) is 0 Å². The molecule has 0 radical (unpaired) electrons. The van der Waals surface area contributed by atoms with E-state index in [0.29, 0.717) is 11.7 Å². The van der Waals surface area contributed by atoms with Crippen LogP contribution in [0.2, 0.25) is 0 Å². The van der Waals surface area contributed by atoms with E-state index in [1.165, 1.54) is 6.07 Å². The summed E-state index contributed by atoms with van der Waals surface area (Å²) in [6.45, 7) is 2.15. The number of amides is 1. The molecule has 1 saturated carbocycles. The third kappa shape index (κ3) is 3.87. The van der Waals surface area contributed by atoms with Gasteiger partial charge in [0.1, 0.15) is 5.69 Å². The zero-order chi connectivity index (χ0) is 17.1. The van der Waals surface area contributed by atoms with Crippen molar-refractivity contribution in [3.63, 3.8) is 0 Å². The minimum absolute atomic E-state index is 0.0803. The first kappa shape index (κ1) is 15.9. The summed E-state index contributed by atoms with van der Waals surface area (Å²) >= 11 is 0. The second-order valence-electron chi connectivity index (χ2n) is 5.86. The average molecular weight is 326 g/mol. The zero-order valence-electron chi connectivity index (χ0n) is 13.3. The fraction of sp³-hybridized carbons (Fsp3) is 0.294. The third-order valence-corrected chi connectivity index (χ3v) is 3.77. The summed E-state index contributed by atoms with van der Waals surface area (Å²) < 4.78 is 0. The lowest BCUT2D eigenvalue weighted by atomic mass is 10.1. The van der Waals surface area contributed by atoms with Gasteiger partial charge in [-0.2, -0.15) is 0 Å². The van der Waals surface area contributed by atoms with E-state index < -0.39 is 4.92 Å². The molecule has 1 fully saturated rings. The standard InChI is InChI=1S/C17H18N4O3/c1-11-3-2-4-14(19-11)10-18-17(22)12-5-8-15(20-13-6-7-13)16(9-12)21(23)24/h2-5,8-9,13,20H,6-7,10H2,1H3,(H,18,22). The summed E-state index contributed by atoms with van der Waals surface area (Å²) in [7, 11) is 0. The Hall–Kier alpha value is -2.96. The maximum atomic E-state index is 12.2. The molecule has 1 aliphatic carbocycles. The smallest absolute Gasteiger partial charge is 0.293 e. The summed E-state index contributed by atoms with van der Waals surface area (Å²) in [5.41, 5.74) is 2.25. The van der Waals surface area contributed by atoms with E-state index in [0.717, 1.165) is 24.2 Å². The van der Waals surface area contributed by atoms with Crippen LogP contribution in [0.3, 0.4) is 0 Å². The summed E-state index contributed by atoms with van der Waals surface area (Å²) in [5.74, 6) is -0.362. The highest BCUT2D eigenvalue weighted by Gasteiger charge is 2.25. The number of nitro groups is 1. The number of carbonyl (C=O) groups is 1. The molecule has 1 aromatic heterocycles. The van der Waals surface area contributed by atoms with Crippen molar-refractivity contribution >= 4 is 17.3 Å². The van der Waals surface area contributed by atoms with Crippen LogP contribution in [-0.4, -0.2) is 21.9 Å². The number of pyridine rings is 1. The summed E-state index contributed by atoms with van der Waals surface area (Å²) in [5, 5.41) is 17.1. The predicted molar refractivity (Wildman–Crippen MR) is 89.9 cm³/mol. The first-order valence-corrected chi connectivity index (χ1v) is 7.78. The van der Waals surface area contributed by atoms with E-state index in [2.05, 4.69) is 15.6 Å². The van der Waals surface area contributed by atoms with Gasteiger partial charge >= 0.3 is 0 Å². The first-order valence-electron chi connectivity index (χ1n) is 7.78. The van der Waals surface area contributed by atoms with E-state index >= 15 is 0 Å². The van der Waals surface area contributed by atoms with Gasteiger partial charge in [-0.3, -0.25) is 19.9 Å². The molecule has 0 spiro atoms. The average Bonchev–Trinajstić information content (AvgIpc) is 3.37. The fourth-order valence-corrected chi connectivity index (χ4v) is 2.36. The number of hydrogen-bond donors (Lipinski definition) is 2. The van der Waals surface area contributed by atoms with Crippen molar-refractivity contribution in [1.29, 1.82) is 0 Å². The lowest BCUT2D eigenvalue weighted by molar-refractivity contribution is -0.384. The van der Waals surface area contributed by atoms with Crippen LogP contribution in [0, 0.1) is 17.0 Å². The van der Waals surface area contributed by atoms with Crippen LogP contribution >= 0.6 is 0 Å². The lowest BCUT2D eigenvalue weighted by Gasteiger charge is -2.08. The van der Waals surface area contributed by atoms with Gasteiger partial charge in [-0.25, -0.2) is 0 Å². The molecule has 0 bridgehead atoms. The number of benzene rings is 1. The summed E-state index contributed by atoms with van der Waals surface area (Å²) in [4.78, 5) is 27.3. The quantitative estimate of drug-likeness (QED) is 0.628. The number of hydrogen-bond acceptors (Lipinski definition) is 5. The van der Waals surface area contributed by atoms with Crippen LogP contribution in [0.1, 0.15) is 34.6 Å². The molecule has 24 heavy (non-hydrogen) atoms. The molecule has 124 valence electrons. The zero-order valence-corrected chi connectivity index (χ0v) is 13.3. The molecular formula is C17H18N4O3. The molecule has 7 heteroatoms. The van der Waals surface area contributed by atoms with Crippen molar-refractivity contribution in [1.82, 2.24) is 10.3 Å². The van der Waals surface area contributed by atoms with Crippen molar-refractivity contribution in [3.05, 3.63) is 63.5 Å². The minimum atomic E-state index is -0.469. The summed E-state index contributed by atoms with van der Waals surface area (Å²) in [6.07, 6.45) is 2.03. The number of rotatable bonds is 6. The van der Waals surface area contributed by atoms with Crippen molar-refractivity contribution in [2.24, 2.45) is 0 Å². The monoisotopic (exact) mass is 326 g/mol. The largest absolute Gasteiger partial charge is 0.377 e. The molecule has 1 aliphatic rings. The molecule has 0 saturated heterocycles. The van der Waals surface area contributed by atoms with E-state index in [4.69, 9.17) is 0 Å². The summed E-state index contributed by atoms with van der Waals surface area (Å²) in [6, 6.07) is 10.4. The Kier molecular flexibility index (Phi) is 4.41. The number of nitro benzene ring substituents is 1. The van der Waals surface area contributed by atoms with Gasteiger partial charge in [0.2, 0.25) is 0 Å². The van der Waals surface area contributed by atoms with Gasteiger partial charge in [-0.1, -0.05) is 6.07 Å². The highest BCUT2D eigenvalue weighted by atomic mass is 16.6. The number of aromatic nitrogens is 1. The van der Waals surface area contributed by atoms with Gasteiger partial charge in [-0.15, -0.1) is 0 Å². The molecule has 1 heterocycles. The number of nitrogens with zero attached hydrogens (tertiary/aromatic N) is 2. The Morgan fingerprint density at radius 1 is 1.33 bits per heavy atom. The number of anilines is 1. The molecule has 1 amide bonds. The highest BCUT2D eigenvalue weighted by Crippen LogP contribution is 2.31. The van der Waals surface area contributed by atoms with Crippen molar-refractivity contribution in [3.8, 4) is 0 Å². The topological polar surface area (TPSA) is 97.2 Å². The van der Waals surface area contributed by atoms with Crippen molar-refractivity contribution < 1.29 is 9.72 Å². The van der Waals surface area contributed by atoms with E-state index in [1.54, 1.807) is 12.1 Å². The van der Waals surface area contributed by atoms with Gasteiger partial charge in [-0.05, 0) is 44.0 Å². The number of aryl methyl sites for hydroxylation is 1. The fourth-order valence-electron chi connectivity index (χ4n) is 2.36. The number of nitrogens with one attached hydrogen (secondary N) is 2. The molecule has 7 nitrogen and oxygen atoms in total. The Morgan fingerprint density at radius 3 is 2.79 bits per heavy atom. The maximum absolute atomic E-state index is 12.2. The SMILES string of the molecule is Cc1cccc(CNC(=O)c2ccc(NC3CC3)c([N+](=O)[O-])c2)n1. The van der Waals surface area contributed by atoms with E-state index in [9.17, 15) is 14.9 Å². The van der Waals surface area contributed by atoms with Gasteiger partial charge in [0.15, 0.2) is 0 Å². The Balaban J connectivity index is 1.71. The molecule has 0 atom stereocenters. The molecule has 3 rings (SSSR count).